The molecule has 2 fully saturated rings. The van der Waals surface area contributed by atoms with Gasteiger partial charge in [0.15, 0.2) is 0 Å². The van der Waals surface area contributed by atoms with Gasteiger partial charge in [0.1, 0.15) is 0 Å². The van der Waals surface area contributed by atoms with Crippen LogP contribution in [0.3, 0.4) is 0 Å². The highest BCUT2D eigenvalue weighted by molar-refractivity contribution is 5.26. The maximum Gasteiger partial charge on any atom is 0.0831 e. The predicted octanol–water partition coefficient (Wildman–Crippen LogP) is 2.99. The molecule has 3 heteroatoms. The zero-order valence-electron chi connectivity index (χ0n) is 15.1. The Balaban J connectivity index is 2.17. The van der Waals surface area contributed by atoms with E-state index in [1.54, 1.807) is 0 Å². The highest BCUT2D eigenvalue weighted by Gasteiger charge is 2.60. The van der Waals surface area contributed by atoms with Gasteiger partial charge in [-0.1, -0.05) is 40.2 Å². The van der Waals surface area contributed by atoms with Crippen LogP contribution in [-0.2, 0) is 0 Å². The molecule has 3 aliphatic rings. The van der Waals surface area contributed by atoms with E-state index in [9.17, 15) is 15.3 Å². The molecular weight excluding hydrogens is 288 g/mol. The van der Waals surface area contributed by atoms with E-state index in [2.05, 4.69) is 27.7 Å². The first-order valence-electron chi connectivity index (χ1n) is 9.54. The Morgan fingerprint density at radius 1 is 1.17 bits per heavy atom. The fourth-order valence-corrected chi connectivity index (χ4v) is 6.10. The molecule has 0 heterocycles. The lowest BCUT2D eigenvalue weighted by Crippen LogP contribution is -2.65. The van der Waals surface area contributed by atoms with Crippen LogP contribution in [0.15, 0.2) is 11.6 Å². The molecule has 0 aromatic carbocycles. The molecule has 3 N–H and O–H groups in total. The number of hydrogen-bond donors (Lipinski definition) is 3. The summed E-state index contributed by atoms with van der Waals surface area (Å²) in [6, 6.07) is 0. The largest absolute Gasteiger partial charge is 0.392 e. The zero-order valence-corrected chi connectivity index (χ0v) is 15.1. The second-order valence-electron chi connectivity index (χ2n) is 8.89. The first kappa shape index (κ1) is 17.4. The molecule has 0 aliphatic heterocycles. The second-order valence-corrected chi connectivity index (χ2v) is 8.89. The molecule has 2 saturated carbocycles. The summed E-state index contributed by atoms with van der Waals surface area (Å²) >= 11 is 0. The van der Waals surface area contributed by atoms with Gasteiger partial charge in [-0.15, -0.1) is 0 Å². The standard InChI is InChI=1S/C20H34O3/c1-11(2)15-7-5-12(3)16-8-6-13(4)20(23)17(15)9-14(10-21)19(22)18(16)20/h9,11-13,15-19,21-23H,5-8,10H2,1-4H3/t12-,13-,15-,16+,17+,18+,19-,20+/m1/s1. The van der Waals surface area contributed by atoms with E-state index in [0.29, 0.717) is 23.7 Å². The smallest absolute Gasteiger partial charge is 0.0831 e. The van der Waals surface area contributed by atoms with E-state index < -0.39 is 11.7 Å². The van der Waals surface area contributed by atoms with Gasteiger partial charge in [0.05, 0.1) is 18.3 Å². The lowest BCUT2D eigenvalue weighted by atomic mass is 9.48. The van der Waals surface area contributed by atoms with E-state index >= 15 is 0 Å². The molecule has 3 rings (SSSR count). The lowest BCUT2D eigenvalue weighted by molar-refractivity contribution is -0.203. The van der Waals surface area contributed by atoms with Gasteiger partial charge in [-0.05, 0) is 54.4 Å². The van der Waals surface area contributed by atoms with Gasteiger partial charge in [0.25, 0.3) is 0 Å². The zero-order chi connectivity index (χ0) is 16.9. The molecule has 0 radical (unpaired) electrons. The predicted molar refractivity (Wildman–Crippen MR) is 91.7 cm³/mol. The van der Waals surface area contributed by atoms with E-state index in [4.69, 9.17) is 0 Å². The Morgan fingerprint density at radius 2 is 1.87 bits per heavy atom. The molecule has 0 aromatic rings. The van der Waals surface area contributed by atoms with Gasteiger partial charge >= 0.3 is 0 Å². The summed E-state index contributed by atoms with van der Waals surface area (Å²) in [4.78, 5) is 0. The summed E-state index contributed by atoms with van der Waals surface area (Å²) in [6.07, 6.45) is 5.79. The molecule has 132 valence electrons. The topological polar surface area (TPSA) is 60.7 Å². The minimum absolute atomic E-state index is 0.0587. The van der Waals surface area contributed by atoms with Crippen molar-refractivity contribution in [2.24, 2.45) is 41.4 Å². The van der Waals surface area contributed by atoms with Crippen LogP contribution in [0.1, 0.15) is 53.4 Å². The van der Waals surface area contributed by atoms with Crippen molar-refractivity contribution in [2.45, 2.75) is 65.1 Å². The molecular formula is C20H34O3. The summed E-state index contributed by atoms with van der Waals surface area (Å²) in [7, 11) is 0. The summed E-state index contributed by atoms with van der Waals surface area (Å²) in [5.74, 6) is 1.93. The normalized spacial score (nSPS) is 50.3. The minimum atomic E-state index is -0.829. The molecule has 23 heavy (non-hydrogen) atoms. The Bertz CT molecular complexity index is 472. The molecule has 3 aliphatic carbocycles. The van der Waals surface area contributed by atoms with E-state index in [1.165, 1.54) is 6.42 Å². The van der Waals surface area contributed by atoms with Crippen molar-refractivity contribution < 1.29 is 15.3 Å². The fraction of sp³-hybridized carbons (Fsp3) is 0.900. The molecule has 8 atom stereocenters. The third kappa shape index (κ3) is 2.51. The average Bonchev–Trinajstić information content (AvgIpc) is 2.50. The van der Waals surface area contributed by atoms with Crippen LogP contribution in [-0.4, -0.2) is 33.6 Å². The van der Waals surface area contributed by atoms with Crippen molar-refractivity contribution in [3.63, 3.8) is 0 Å². The van der Waals surface area contributed by atoms with Gasteiger partial charge in [-0.2, -0.15) is 0 Å². The molecule has 0 saturated heterocycles. The lowest BCUT2D eigenvalue weighted by Gasteiger charge is -2.60. The summed E-state index contributed by atoms with van der Waals surface area (Å²) in [5.41, 5.74) is -0.0894. The van der Waals surface area contributed by atoms with Crippen molar-refractivity contribution in [3.8, 4) is 0 Å². The highest BCUT2D eigenvalue weighted by Crippen LogP contribution is 2.58. The van der Waals surface area contributed by atoms with Crippen LogP contribution in [0.4, 0.5) is 0 Å². The number of aliphatic hydroxyl groups is 3. The van der Waals surface area contributed by atoms with Crippen LogP contribution in [0.2, 0.25) is 0 Å². The first-order chi connectivity index (χ1) is 10.8. The van der Waals surface area contributed by atoms with Gasteiger partial charge in [0.2, 0.25) is 0 Å². The van der Waals surface area contributed by atoms with Crippen LogP contribution in [0.5, 0.6) is 0 Å². The molecule has 0 aromatic heterocycles. The third-order valence-corrected chi connectivity index (χ3v) is 7.55. The summed E-state index contributed by atoms with van der Waals surface area (Å²) in [6.45, 7) is 8.85. The average molecular weight is 322 g/mol. The van der Waals surface area contributed by atoms with Crippen molar-refractivity contribution in [2.75, 3.05) is 6.61 Å². The minimum Gasteiger partial charge on any atom is -0.392 e. The quantitative estimate of drug-likeness (QED) is 0.685. The van der Waals surface area contributed by atoms with Gasteiger partial charge in [0, 0.05) is 11.8 Å². The Labute approximate surface area is 140 Å². The van der Waals surface area contributed by atoms with E-state index in [0.717, 1.165) is 24.8 Å². The molecule has 4 bridgehead atoms. The van der Waals surface area contributed by atoms with Gasteiger partial charge in [-0.3, -0.25) is 0 Å². The first-order valence-corrected chi connectivity index (χ1v) is 9.54. The summed E-state index contributed by atoms with van der Waals surface area (Å²) in [5, 5.41) is 32.6. The molecule has 3 nitrogen and oxygen atoms in total. The van der Waals surface area contributed by atoms with Crippen LogP contribution < -0.4 is 0 Å². The van der Waals surface area contributed by atoms with Crippen molar-refractivity contribution in [3.05, 3.63) is 11.6 Å². The SMILES string of the molecule is CC(C)[C@H]1CC[C@@H](C)[C@@H]2CC[C@@H](C)[C@@]3(O)[C@@H]2[C@H](O)C(CO)=C[C@@H]13. The fourth-order valence-electron chi connectivity index (χ4n) is 6.10. The van der Waals surface area contributed by atoms with E-state index in [-0.39, 0.29) is 24.4 Å². The Morgan fingerprint density at radius 3 is 2.48 bits per heavy atom. The highest BCUT2D eigenvalue weighted by atomic mass is 16.3. The third-order valence-electron chi connectivity index (χ3n) is 7.55. The Kier molecular flexibility index (Phi) is 4.67. The van der Waals surface area contributed by atoms with E-state index in [1.807, 2.05) is 6.08 Å². The second kappa shape index (κ2) is 6.16. The van der Waals surface area contributed by atoms with Crippen molar-refractivity contribution >= 4 is 0 Å². The molecule has 0 unspecified atom stereocenters. The maximum absolute atomic E-state index is 11.9. The van der Waals surface area contributed by atoms with Gasteiger partial charge < -0.3 is 15.3 Å². The van der Waals surface area contributed by atoms with Gasteiger partial charge in [-0.25, -0.2) is 0 Å². The number of rotatable bonds is 2. The maximum atomic E-state index is 11.9. The number of hydrogen-bond acceptors (Lipinski definition) is 3. The molecule has 0 spiro atoms. The van der Waals surface area contributed by atoms with Crippen molar-refractivity contribution in [1.82, 2.24) is 0 Å². The molecule has 0 amide bonds. The summed E-state index contributed by atoms with van der Waals surface area (Å²) < 4.78 is 0. The monoisotopic (exact) mass is 322 g/mol. The number of aliphatic hydroxyl groups excluding tert-OH is 2. The van der Waals surface area contributed by atoms with Crippen LogP contribution in [0.25, 0.3) is 0 Å². The Hall–Kier alpha value is -0.380. The van der Waals surface area contributed by atoms with Crippen LogP contribution >= 0.6 is 0 Å². The van der Waals surface area contributed by atoms with Crippen LogP contribution in [0, 0.1) is 41.4 Å². The van der Waals surface area contributed by atoms with Crippen molar-refractivity contribution in [1.29, 1.82) is 0 Å².